The Morgan fingerprint density at radius 1 is 0.967 bits per heavy atom. The fraction of sp³-hybridized carbons (Fsp3) is 0.423. The molecule has 0 bridgehead atoms. The average Bonchev–Trinajstić information content (AvgIpc) is 3.26. The maximum Gasteiger partial charge on any atom is 0.339 e. The van der Waals surface area contributed by atoms with Crippen molar-refractivity contribution in [1.29, 1.82) is 0 Å². The van der Waals surface area contributed by atoms with E-state index in [9.17, 15) is 4.79 Å². The molecular formula is C26H30O4. The van der Waals surface area contributed by atoms with Crippen LogP contribution in [0.1, 0.15) is 61.3 Å². The molecule has 0 fully saturated rings. The van der Waals surface area contributed by atoms with E-state index < -0.39 is 0 Å². The van der Waals surface area contributed by atoms with Crippen LogP contribution in [0.4, 0.5) is 0 Å². The number of para-hydroxylation sites is 1. The Morgan fingerprint density at radius 3 is 2.63 bits per heavy atom. The summed E-state index contributed by atoms with van der Waals surface area (Å²) in [6, 6.07) is 12.0. The van der Waals surface area contributed by atoms with Crippen molar-refractivity contribution in [2.24, 2.45) is 0 Å². The predicted octanol–water partition coefficient (Wildman–Crippen LogP) is 5.99. The lowest BCUT2D eigenvalue weighted by Crippen LogP contribution is -2.08. The minimum atomic E-state index is -0.193. The van der Waals surface area contributed by atoms with Crippen LogP contribution in [-0.4, -0.2) is 7.11 Å². The lowest BCUT2D eigenvalue weighted by Gasteiger charge is -2.15. The van der Waals surface area contributed by atoms with Gasteiger partial charge in [0, 0.05) is 22.6 Å². The number of methoxy groups -OCH3 is 1. The highest BCUT2D eigenvalue weighted by molar-refractivity contribution is 5.84. The van der Waals surface area contributed by atoms with E-state index in [2.05, 4.69) is 13.0 Å². The second-order valence-electron chi connectivity index (χ2n) is 8.07. The van der Waals surface area contributed by atoms with E-state index in [-0.39, 0.29) is 5.63 Å². The van der Waals surface area contributed by atoms with Crippen LogP contribution in [0.15, 0.2) is 45.6 Å². The summed E-state index contributed by atoms with van der Waals surface area (Å²) in [4.78, 5) is 12.4. The molecule has 1 heterocycles. The van der Waals surface area contributed by atoms with Crippen LogP contribution in [0.5, 0.6) is 11.5 Å². The van der Waals surface area contributed by atoms with Gasteiger partial charge < -0.3 is 13.9 Å². The van der Waals surface area contributed by atoms with Gasteiger partial charge in [0.25, 0.3) is 0 Å². The SMILES string of the molecule is CCCCCCc1cc2c3c(c(=O)oc2cc1OCc1ccccc1OC)CCC3. The van der Waals surface area contributed by atoms with Crippen LogP contribution in [0, 0.1) is 0 Å². The molecule has 1 aliphatic carbocycles. The quantitative estimate of drug-likeness (QED) is 0.323. The zero-order chi connectivity index (χ0) is 20.9. The molecule has 4 rings (SSSR count). The van der Waals surface area contributed by atoms with Gasteiger partial charge in [-0.3, -0.25) is 0 Å². The first-order chi connectivity index (χ1) is 14.7. The first kappa shape index (κ1) is 20.5. The number of ether oxygens (including phenoxy) is 2. The second-order valence-corrected chi connectivity index (χ2v) is 8.07. The Bertz CT molecular complexity index is 1080. The van der Waals surface area contributed by atoms with Crippen molar-refractivity contribution in [2.75, 3.05) is 7.11 Å². The summed E-state index contributed by atoms with van der Waals surface area (Å²) in [6.45, 7) is 2.63. The molecule has 3 aromatic rings. The van der Waals surface area contributed by atoms with E-state index in [4.69, 9.17) is 13.9 Å². The van der Waals surface area contributed by atoms with Crippen LogP contribution in [0.25, 0.3) is 11.0 Å². The molecule has 0 aliphatic heterocycles. The zero-order valence-electron chi connectivity index (χ0n) is 18.0. The summed E-state index contributed by atoms with van der Waals surface area (Å²) < 4.78 is 17.4. The van der Waals surface area contributed by atoms with Gasteiger partial charge in [-0.25, -0.2) is 4.79 Å². The van der Waals surface area contributed by atoms with Crippen molar-refractivity contribution in [2.45, 2.75) is 64.9 Å². The molecule has 158 valence electrons. The largest absolute Gasteiger partial charge is 0.496 e. The van der Waals surface area contributed by atoms with E-state index in [0.29, 0.717) is 12.2 Å². The van der Waals surface area contributed by atoms with Gasteiger partial charge >= 0.3 is 5.63 Å². The standard InChI is InChI=1S/C26H30O4/c1-3-4-5-6-10-18-15-22-20-12-9-13-21(20)26(27)30-25(22)16-24(18)29-17-19-11-7-8-14-23(19)28-2/h7-8,11,14-16H,3-6,9-10,12-13,17H2,1-2H3. The third-order valence-electron chi connectivity index (χ3n) is 6.03. The second kappa shape index (κ2) is 9.38. The van der Waals surface area contributed by atoms with E-state index in [1.165, 1.54) is 30.4 Å². The first-order valence-electron chi connectivity index (χ1n) is 11.1. The summed E-state index contributed by atoms with van der Waals surface area (Å²) in [5.74, 6) is 1.61. The Labute approximate surface area is 177 Å². The van der Waals surface area contributed by atoms with E-state index in [1.54, 1.807) is 7.11 Å². The van der Waals surface area contributed by atoms with Gasteiger partial charge in [0.1, 0.15) is 23.7 Å². The van der Waals surface area contributed by atoms with Crippen molar-refractivity contribution >= 4 is 11.0 Å². The number of aryl methyl sites for hydroxylation is 2. The number of fused-ring (bicyclic) bond motifs is 3. The molecule has 0 atom stereocenters. The molecule has 0 spiro atoms. The normalized spacial score (nSPS) is 12.9. The summed E-state index contributed by atoms with van der Waals surface area (Å²) >= 11 is 0. The molecule has 0 N–H and O–H groups in total. The zero-order valence-corrected chi connectivity index (χ0v) is 18.0. The van der Waals surface area contributed by atoms with E-state index in [0.717, 1.165) is 60.1 Å². The van der Waals surface area contributed by atoms with Crippen LogP contribution >= 0.6 is 0 Å². The minimum absolute atomic E-state index is 0.193. The van der Waals surface area contributed by atoms with Gasteiger partial charge in [0.2, 0.25) is 0 Å². The maximum atomic E-state index is 12.4. The highest BCUT2D eigenvalue weighted by atomic mass is 16.5. The molecule has 0 saturated heterocycles. The van der Waals surface area contributed by atoms with Gasteiger partial charge in [-0.05, 0) is 55.4 Å². The van der Waals surface area contributed by atoms with Gasteiger partial charge in [0.15, 0.2) is 0 Å². The smallest absolute Gasteiger partial charge is 0.339 e. The Hall–Kier alpha value is -2.75. The molecule has 0 saturated carbocycles. The number of rotatable bonds is 9. The number of benzene rings is 2. The fourth-order valence-electron chi connectivity index (χ4n) is 4.40. The van der Waals surface area contributed by atoms with Crippen molar-refractivity contribution in [1.82, 2.24) is 0 Å². The molecule has 2 aromatic carbocycles. The van der Waals surface area contributed by atoms with Gasteiger partial charge in [-0.1, -0.05) is 44.4 Å². The summed E-state index contributed by atoms with van der Waals surface area (Å²) in [5.41, 5.74) is 4.66. The van der Waals surface area contributed by atoms with Crippen LogP contribution in [0.3, 0.4) is 0 Å². The van der Waals surface area contributed by atoms with Gasteiger partial charge in [-0.15, -0.1) is 0 Å². The highest BCUT2D eigenvalue weighted by Gasteiger charge is 2.21. The topological polar surface area (TPSA) is 48.7 Å². The number of hydrogen-bond donors (Lipinski definition) is 0. The summed E-state index contributed by atoms with van der Waals surface area (Å²) in [7, 11) is 1.67. The van der Waals surface area contributed by atoms with E-state index in [1.807, 2.05) is 30.3 Å². The summed E-state index contributed by atoms with van der Waals surface area (Å²) in [6.07, 6.45) is 8.57. The van der Waals surface area contributed by atoms with Crippen LogP contribution in [0.2, 0.25) is 0 Å². The molecular weight excluding hydrogens is 376 g/mol. The summed E-state index contributed by atoms with van der Waals surface area (Å²) in [5, 5.41) is 1.08. The minimum Gasteiger partial charge on any atom is -0.496 e. The molecule has 0 unspecified atom stereocenters. The molecule has 0 amide bonds. The Balaban J connectivity index is 1.68. The molecule has 4 nitrogen and oxygen atoms in total. The van der Waals surface area contributed by atoms with Crippen molar-refractivity contribution in [3.63, 3.8) is 0 Å². The average molecular weight is 407 g/mol. The van der Waals surface area contributed by atoms with Gasteiger partial charge in [-0.2, -0.15) is 0 Å². The third-order valence-corrected chi connectivity index (χ3v) is 6.03. The van der Waals surface area contributed by atoms with Crippen molar-refractivity contribution in [3.8, 4) is 11.5 Å². The lowest BCUT2D eigenvalue weighted by molar-refractivity contribution is 0.293. The van der Waals surface area contributed by atoms with Crippen LogP contribution in [-0.2, 0) is 25.9 Å². The van der Waals surface area contributed by atoms with Crippen LogP contribution < -0.4 is 15.1 Å². The van der Waals surface area contributed by atoms with Crippen molar-refractivity contribution in [3.05, 3.63) is 69.1 Å². The third kappa shape index (κ3) is 4.23. The predicted molar refractivity (Wildman–Crippen MR) is 120 cm³/mol. The molecule has 30 heavy (non-hydrogen) atoms. The maximum absolute atomic E-state index is 12.4. The number of unbranched alkanes of at least 4 members (excludes halogenated alkanes) is 3. The molecule has 4 heteroatoms. The fourth-order valence-corrected chi connectivity index (χ4v) is 4.40. The molecule has 0 radical (unpaired) electrons. The molecule has 1 aromatic heterocycles. The molecule has 1 aliphatic rings. The van der Waals surface area contributed by atoms with Crippen molar-refractivity contribution < 1.29 is 13.9 Å². The Kier molecular flexibility index (Phi) is 6.41. The first-order valence-corrected chi connectivity index (χ1v) is 11.1. The Morgan fingerprint density at radius 2 is 1.80 bits per heavy atom. The van der Waals surface area contributed by atoms with E-state index >= 15 is 0 Å². The van der Waals surface area contributed by atoms with Gasteiger partial charge in [0.05, 0.1) is 7.11 Å². The lowest BCUT2D eigenvalue weighted by atomic mass is 10.00. The number of hydrogen-bond acceptors (Lipinski definition) is 4. The highest BCUT2D eigenvalue weighted by Crippen LogP contribution is 2.34. The monoisotopic (exact) mass is 406 g/mol.